The molecule has 0 radical (unpaired) electrons. The minimum absolute atomic E-state index is 0.165. The second kappa shape index (κ2) is 7.89. The lowest BCUT2D eigenvalue weighted by Gasteiger charge is -2.10. The first kappa shape index (κ1) is 17.2. The summed E-state index contributed by atoms with van der Waals surface area (Å²) < 4.78 is 5.09. The first-order valence-electron chi connectivity index (χ1n) is 7.32. The molecule has 1 amide bonds. The normalized spacial score (nSPS) is 10.6. The highest BCUT2D eigenvalue weighted by atomic mass is 32.1. The highest BCUT2D eigenvalue weighted by Gasteiger charge is 2.19. The van der Waals surface area contributed by atoms with Gasteiger partial charge in [-0.25, -0.2) is 4.79 Å². The van der Waals surface area contributed by atoms with Gasteiger partial charge in [-0.2, -0.15) is 0 Å². The maximum absolute atomic E-state index is 12.1. The van der Waals surface area contributed by atoms with Crippen LogP contribution in [-0.2, 0) is 9.53 Å². The number of benzene rings is 1. The van der Waals surface area contributed by atoms with Crippen LogP contribution in [0.1, 0.15) is 17.3 Å². The molecule has 1 aromatic carbocycles. The van der Waals surface area contributed by atoms with E-state index in [0.717, 1.165) is 10.4 Å². The number of nitrogens with one attached hydrogen (secondary N) is 1. The van der Waals surface area contributed by atoms with Gasteiger partial charge < -0.3 is 15.0 Å². The van der Waals surface area contributed by atoms with Gasteiger partial charge in [0.1, 0.15) is 5.00 Å². The predicted octanol–water partition coefficient (Wildman–Crippen LogP) is 3.09. The molecule has 1 aromatic heterocycles. The Morgan fingerprint density at radius 2 is 1.91 bits per heavy atom. The topological polar surface area (TPSA) is 58.6 Å². The van der Waals surface area contributed by atoms with E-state index < -0.39 is 5.97 Å². The van der Waals surface area contributed by atoms with Gasteiger partial charge in [-0.3, -0.25) is 4.79 Å². The van der Waals surface area contributed by atoms with Crippen LogP contribution in [0.5, 0.6) is 0 Å². The maximum atomic E-state index is 12.1. The summed E-state index contributed by atoms with van der Waals surface area (Å²) in [6.07, 6.45) is 0. The van der Waals surface area contributed by atoms with Crippen LogP contribution in [0, 0.1) is 0 Å². The third-order valence-electron chi connectivity index (χ3n) is 3.00. The van der Waals surface area contributed by atoms with Crippen molar-refractivity contribution in [3.05, 3.63) is 42.0 Å². The molecule has 0 bridgehead atoms. The molecule has 0 spiro atoms. The number of anilines is 1. The average Bonchev–Trinajstić information content (AvgIpc) is 2.91. The SMILES string of the molecule is CCOC(=O)c1cc(-c2ccccc2)sc1NC(=O)CN(C)C. The van der Waals surface area contributed by atoms with Crippen LogP contribution in [0.3, 0.4) is 0 Å². The van der Waals surface area contributed by atoms with Crippen molar-refractivity contribution in [2.75, 3.05) is 32.6 Å². The highest BCUT2D eigenvalue weighted by Crippen LogP contribution is 2.35. The molecule has 0 atom stereocenters. The lowest BCUT2D eigenvalue weighted by atomic mass is 10.1. The smallest absolute Gasteiger partial charge is 0.341 e. The Balaban J connectivity index is 2.32. The van der Waals surface area contributed by atoms with Crippen LogP contribution in [-0.4, -0.2) is 44.0 Å². The van der Waals surface area contributed by atoms with Crippen molar-refractivity contribution in [1.82, 2.24) is 4.90 Å². The van der Waals surface area contributed by atoms with Crippen molar-refractivity contribution < 1.29 is 14.3 Å². The first-order chi connectivity index (χ1) is 11.0. The first-order valence-corrected chi connectivity index (χ1v) is 8.14. The molecule has 1 heterocycles. The number of carbonyl (C=O) groups excluding carboxylic acids is 2. The summed E-state index contributed by atoms with van der Waals surface area (Å²) in [5.74, 6) is -0.590. The van der Waals surface area contributed by atoms with Crippen LogP contribution in [0.2, 0.25) is 0 Å². The number of amides is 1. The van der Waals surface area contributed by atoms with Crippen LogP contribution in [0.25, 0.3) is 10.4 Å². The Morgan fingerprint density at radius 1 is 1.22 bits per heavy atom. The molecule has 122 valence electrons. The van der Waals surface area contributed by atoms with Gasteiger partial charge in [0.05, 0.1) is 18.7 Å². The van der Waals surface area contributed by atoms with Crippen LogP contribution in [0.15, 0.2) is 36.4 Å². The lowest BCUT2D eigenvalue weighted by Crippen LogP contribution is -2.27. The Morgan fingerprint density at radius 3 is 2.52 bits per heavy atom. The highest BCUT2D eigenvalue weighted by molar-refractivity contribution is 7.20. The van der Waals surface area contributed by atoms with E-state index in [2.05, 4.69) is 5.32 Å². The number of rotatable bonds is 6. The molecular weight excluding hydrogens is 312 g/mol. The summed E-state index contributed by atoms with van der Waals surface area (Å²) in [6.45, 7) is 2.30. The number of hydrogen-bond acceptors (Lipinski definition) is 5. The van der Waals surface area contributed by atoms with Crippen molar-refractivity contribution in [1.29, 1.82) is 0 Å². The number of nitrogens with zero attached hydrogens (tertiary/aromatic N) is 1. The maximum Gasteiger partial charge on any atom is 0.341 e. The fourth-order valence-corrected chi connectivity index (χ4v) is 3.11. The zero-order valence-electron chi connectivity index (χ0n) is 13.5. The molecule has 0 fully saturated rings. The number of carbonyl (C=O) groups is 2. The van der Waals surface area contributed by atoms with E-state index in [1.54, 1.807) is 17.9 Å². The Bertz CT molecular complexity index is 680. The summed E-state index contributed by atoms with van der Waals surface area (Å²) in [7, 11) is 3.63. The van der Waals surface area contributed by atoms with Gasteiger partial charge >= 0.3 is 5.97 Å². The molecule has 23 heavy (non-hydrogen) atoms. The van der Waals surface area contributed by atoms with Crippen LogP contribution < -0.4 is 5.32 Å². The second-order valence-electron chi connectivity index (χ2n) is 5.23. The molecule has 2 aromatic rings. The van der Waals surface area contributed by atoms with Gasteiger partial charge in [0.15, 0.2) is 0 Å². The molecule has 0 aliphatic heterocycles. The number of likely N-dealkylation sites (N-methyl/N-ethyl adjacent to an activating group) is 1. The largest absolute Gasteiger partial charge is 0.462 e. The molecule has 6 heteroatoms. The summed E-state index contributed by atoms with van der Waals surface area (Å²) in [5, 5.41) is 3.33. The monoisotopic (exact) mass is 332 g/mol. The molecule has 0 saturated carbocycles. The van der Waals surface area contributed by atoms with Crippen LogP contribution >= 0.6 is 11.3 Å². The third-order valence-corrected chi connectivity index (χ3v) is 4.10. The van der Waals surface area contributed by atoms with Crippen molar-refractivity contribution in [3.63, 3.8) is 0 Å². The van der Waals surface area contributed by atoms with E-state index in [1.165, 1.54) is 11.3 Å². The van der Waals surface area contributed by atoms with Crippen molar-refractivity contribution in [2.24, 2.45) is 0 Å². The zero-order valence-corrected chi connectivity index (χ0v) is 14.3. The van der Waals surface area contributed by atoms with Gasteiger partial charge in [-0.1, -0.05) is 30.3 Å². The fourth-order valence-electron chi connectivity index (χ4n) is 2.04. The standard InChI is InChI=1S/C17H20N2O3S/c1-4-22-17(21)13-10-14(12-8-6-5-7-9-12)23-16(13)18-15(20)11-19(2)3/h5-10H,4,11H2,1-3H3,(H,18,20). The van der Waals surface area contributed by atoms with Crippen molar-refractivity contribution >= 4 is 28.2 Å². The Labute approximate surface area is 139 Å². The van der Waals surface area contributed by atoms with E-state index in [9.17, 15) is 9.59 Å². The third kappa shape index (κ3) is 4.64. The van der Waals surface area contributed by atoms with Gasteiger partial charge in [0, 0.05) is 4.88 Å². The number of esters is 1. The van der Waals surface area contributed by atoms with Crippen molar-refractivity contribution in [3.8, 4) is 10.4 Å². The Kier molecular flexibility index (Phi) is 5.90. The van der Waals surface area contributed by atoms with E-state index in [4.69, 9.17) is 4.74 Å². The van der Waals surface area contributed by atoms with E-state index in [1.807, 2.05) is 44.4 Å². The molecule has 0 saturated heterocycles. The molecule has 0 aliphatic carbocycles. The second-order valence-corrected chi connectivity index (χ2v) is 6.28. The predicted molar refractivity (Wildman–Crippen MR) is 92.9 cm³/mol. The van der Waals surface area contributed by atoms with Gasteiger partial charge in [0.25, 0.3) is 0 Å². The Hall–Kier alpha value is -2.18. The minimum Gasteiger partial charge on any atom is -0.462 e. The molecule has 1 N–H and O–H groups in total. The zero-order chi connectivity index (χ0) is 16.8. The van der Waals surface area contributed by atoms with E-state index in [0.29, 0.717) is 17.2 Å². The average molecular weight is 332 g/mol. The molecule has 0 unspecified atom stereocenters. The number of thiophene rings is 1. The number of hydrogen-bond donors (Lipinski definition) is 1. The van der Waals surface area contributed by atoms with Gasteiger partial charge in [-0.05, 0) is 32.6 Å². The van der Waals surface area contributed by atoms with E-state index >= 15 is 0 Å². The lowest BCUT2D eigenvalue weighted by molar-refractivity contribution is -0.116. The summed E-state index contributed by atoms with van der Waals surface area (Å²) in [6, 6.07) is 11.5. The quantitative estimate of drug-likeness (QED) is 0.826. The number of ether oxygens (including phenoxy) is 1. The molecule has 2 rings (SSSR count). The molecular formula is C17H20N2O3S. The van der Waals surface area contributed by atoms with Crippen molar-refractivity contribution in [2.45, 2.75) is 6.92 Å². The summed E-state index contributed by atoms with van der Waals surface area (Å²) >= 11 is 1.37. The summed E-state index contributed by atoms with van der Waals surface area (Å²) in [5.41, 5.74) is 1.39. The van der Waals surface area contributed by atoms with E-state index in [-0.39, 0.29) is 12.5 Å². The fraction of sp³-hybridized carbons (Fsp3) is 0.294. The summed E-state index contributed by atoms with van der Waals surface area (Å²) in [4.78, 5) is 26.8. The minimum atomic E-state index is -0.425. The molecule has 0 aliphatic rings. The van der Waals surface area contributed by atoms with Gasteiger partial charge in [-0.15, -0.1) is 11.3 Å². The van der Waals surface area contributed by atoms with Crippen LogP contribution in [0.4, 0.5) is 5.00 Å². The molecule has 5 nitrogen and oxygen atoms in total. The van der Waals surface area contributed by atoms with Gasteiger partial charge in [0.2, 0.25) is 5.91 Å².